The molecule has 3 N–H and O–H groups in total. The maximum absolute atomic E-state index is 11.7. The Kier molecular flexibility index (Phi) is 4.00. The van der Waals surface area contributed by atoms with Gasteiger partial charge in [-0.2, -0.15) is 0 Å². The number of benzene rings is 2. The average molecular weight is 373 g/mol. The van der Waals surface area contributed by atoms with E-state index >= 15 is 0 Å². The number of primary amides is 1. The number of aromatic nitrogens is 2. The number of amides is 1. The molecule has 5 nitrogen and oxygen atoms in total. The summed E-state index contributed by atoms with van der Waals surface area (Å²) in [7, 11) is 0. The number of fused-ring (bicyclic) bond motifs is 3. The number of hydrogen-bond donors (Lipinski definition) is 2. The highest BCUT2D eigenvalue weighted by Gasteiger charge is 2.27. The van der Waals surface area contributed by atoms with E-state index in [0.717, 1.165) is 16.8 Å². The predicted molar refractivity (Wildman–Crippen MR) is 97.2 cm³/mol. The molecule has 126 valence electrons. The standard InChI is InChI=1S/C18H14Cl2N4O/c19-10-5-6-14-12(7-10)16(11-3-1-2-4-13(11)20)22-8-15-17(18(21)25)23-9-24(14)15/h1-7,9,16,22H,8H2,(H2,21,25). The first-order valence-electron chi connectivity index (χ1n) is 7.70. The summed E-state index contributed by atoms with van der Waals surface area (Å²) in [5.41, 5.74) is 9.21. The van der Waals surface area contributed by atoms with Crippen LogP contribution in [0.5, 0.6) is 0 Å². The van der Waals surface area contributed by atoms with Crippen molar-refractivity contribution in [1.82, 2.24) is 14.9 Å². The Labute approximate surface area is 154 Å². The van der Waals surface area contributed by atoms with E-state index in [0.29, 0.717) is 22.3 Å². The molecule has 0 radical (unpaired) electrons. The van der Waals surface area contributed by atoms with Crippen LogP contribution in [-0.2, 0) is 6.54 Å². The van der Waals surface area contributed by atoms with E-state index in [9.17, 15) is 4.79 Å². The van der Waals surface area contributed by atoms with Gasteiger partial charge in [-0.25, -0.2) is 4.98 Å². The molecule has 1 aliphatic rings. The summed E-state index contributed by atoms with van der Waals surface area (Å²) >= 11 is 12.7. The molecule has 1 amide bonds. The van der Waals surface area contributed by atoms with Crippen molar-refractivity contribution in [2.75, 3.05) is 0 Å². The average Bonchev–Trinajstić information content (AvgIpc) is 2.94. The second kappa shape index (κ2) is 6.19. The summed E-state index contributed by atoms with van der Waals surface area (Å²) in [6.07, 6.45) is 1.61. The Morgan fingerprint density at radius 3 is 2.76 bits per heavy atom. The first kappa shape index (κ1) is 16.1. The lowest BCUT2D eigenvalue weighted by atomic mass is 9.97. The minimum Gasteiger partial charge on any atom is -0.364 e. The van der Waals surface area contributed by atoms with Gasteiger partial charge < -0.3 is 15.6 Å². The van der Waals surface area contributed by atoms with Crippen molar-refractivity contribution in [3.05, 3.63) is 81.4 Å². The largest absolute Gasteiger partial charge is 0.364 e. The number of imidazole rings is 1. The second-order valence-electron chi connectivity index (χ2n) is 5.81. The molecule has 7 heteroatoms. The first-order valence-corrected chi connectivity index (χ1v) is 8.45. The molecule has 0 aliphatic carbocycles. The topological polar surface area (TPSA) is 72.9 Å². The molecular formula is C18H14Cl2N4O. The van der Waals surface area contributed by atoms with Gasteiger partial charge in [0.2, 0.25) is 0 Å². The minimum atomic E-state index is -0.553. The molecule has 0 spiro atoms. The molecule has 0 fully saturated rings. The zero-order valence-corrected chi connectivity index (χ0v) is 14.6. The van der Waals surface area contributed by atoms with Crippen LogP contribution >= 0.6 is 23.2 Å². The zero-order valence-electron chi connectivity index (χ0n) is 13.0. The van der Waals surface area contributed by atoms with Gasteiger partial charge >= 0.3 is 0 Å². The van der Waals surface area contributed by atoms with Gasteiger partial charge in [-0.15, -0.1) is 0 Å². The van der Waals surface area contributed by atoms with E-state index in [-0.39, 0.29) is 11.7 Å². The van der Waals surface area contributed by atoms with Gasteiger partial charge in [-0.3, -0.25) is 4.79 Å². The number of carbonyl (C=O) groups is 1. The van der Waals surface area contributed by atoms with E-state index in [1.807, 2.05) is 47.0 Å². The lowest BCUT2D eigenvalue weighted by Gasteiger charge is -2.20. The van der Waals surface area contributed by atoms with E-state index < -0.39 is 5.91 Å². The molecule has 3 aromatic rings. The molecule has 1 aromatic heterocycles. The molecule has 0 bridgehead atoms. The fourth-order valence-corrected chi connectivity index (χ4v) is 3.65. The summed E-state index contributed by atoms with van der Waals surface area (Å²) in [5, 5.41) is 4.73. The number of hydrogen-bond acceptors (Lipinski definition) is 3. The van der Waals surface area contributed by atoms with Crippen molar-refractivity contribution in [3.8, 4) is 5.69 Å². The SMILES string of the molecule is NC(=O)c1ncn2c1CNC(c1ccccc1Cl)c1cc(Cl)ccc1-2. The Hall–Kier alpha value is -2.34. The number of nitrogens with two attached hydrogens (primary N) is 1. The van der Waals surface area contributed by atoms with Crippen molar-refractivity contribution < 1.29 is 4.79 Å². The van der Waals surface area contributed by atoms with Crippen LogP contribution < -0.4 is 11.1 Å². The summed E-state index contributed by atoms with van der Waals surface area (Å²) in [6.45, 7) is 0.417. The molecule has 4 rings (SSSR count). The van der Waals surface area contributed by atoms with Crippen LogP contribution in [0, 0.1) is 0 Å². The van der Waals surface area contributed by atoms with Gasteiger partial charge in [-0.05, 0) is 35.4 Å². The maximum atomic E-state index is 11.7. The van der Waals surface area contributed by atoms with Crippen LogP contribution in [0.25, 0.3) is 5.69 Å². The Morgan fingerprint density at radius 2 is 2.00 bits per heavy atom. The van der Waals surface area contributed by atoms with Gasteiger partial charge in [0.25, 0.3) is 5.91 Å². The highest BCUT2D eigenvalue weighted by Crippen LogP contribution is 2.36. The molecule has 0 saturated heterocycles. The molecule has 1 aliphatic heterocycles. The minimum absolute atomic E-state index is 0.178. The van der Waals surface area contributed by atoms with E-state index in [1.54, 1.807) is 6.33 Å². The third-order valence-corrected chi connectivity index (χ3v) is 4.93. The van der Waals surface area contributed by atoms with E-state index in [2.05, 4.69) is 10.3 Å². The van der Waals surface area contributed by atoms with Gasteiger partial charge in [0, 0.05) is 16.6 Å². The van der Waals surface area contributed by atoms with Gasteiger partial charge in [0.15, 0.2) is 5.69 Å². The molecule has 25 heavy (non-hydrogen) atoms. The van der Waals surface area contributed by atoms with Crippen LogP contribution in [0.2, 0.25) is 10.0 Å². The predicted octanol–water partition coefficient (Wildman–Crippen LogP) is 3.47. The highest BCUT2D eigenvalue weighted by molar-refractivity contribution is 6.31. The van der Waals surface area contributed by atoms with Crippen molar-refractivity contribution in [2.24, 2.45) is 5.73 Å². The van der Waals surface area contributed by atoms with Crippen LogP contribution in [0.3, 0.4) is 0 Å². The Balaban J connectivity index is 1.95. The Bertz CT molecular complexity index is 983. The molecule has 2 aromatic carbocycles. The summed E-state index contributed by atoms with van der Waals surface area (Å²) in [4.78, 5) is 15.9. The van der Waals surface area contributed by atoms with E-state index in [1.165, 1.54) is 0 Å². The molecule has 2 heterocycles. The van der Waals surface area contributed by atoms with Crippen LogP contribution in [0.4, 0.5) is 0 Å². The second-order valence-corrected chi connectivity index (χ2v) is 6.66. The van der Waals surface area contributed by atoms with Crippen molar-refractivity contribution >= 4 is 29.1 Å². The van der Waals surface area contributed by atoms with Gasteiger partial charge in [-0.1, -0.05) is 41.4 Å². The smallest absolute Gasteiger partial charge is 0.269 e. The van der Waals surface area contributed by atoms with Crippen molar-refractivity contribution in [1.29, 1.82) is 0 Å². The van der Waals surface area contributed by atoms with E-state index in [4.69, 9.17) is 28.9 Å². The number of nitrogens with zero attached hydrogens (tertiary/aromatic N) is 2. The number of carbonyl (C=O) groups excluding carboxylic acids is 1. The third kappa shape index (κ3) is 2.70. The molecular weight excluding hydrogens is 359 g/mol. The quantitative estimate of drug-likeness (QED) is 0.723. The number of halogens is 2. The zero-order chi connectivity index (χ0) is 17.6. The van der Waals surface area contributed by atoms with Crippen LogP contribution in [0.15, 0.2) is 48.8 Å². The number of nitrogens with one attached hydrogen (secondary N) is 1. The molecule has 0 saturated carbocycles. The van der Waals surface area contributed by atoms with Crippen LogP contribution in [-0.4, -0.2) is 15.5 Å². The van der Waals surface area contributed by atoms with Crippen molar-refractivity contribution in [3.63, 3.8) is 0 Å². The fraction of sp³-hybridized carbons (Fsp3) is 0.111. The lowest BCUT2D eigenvalue weighted by molar-refractivity contribution is 0.0995. The highest BCUT2D eigenvalue weighted by atomic mass is 35.5. The van der Waals surface area contributed by atoms with Gasteiger partial charge in [0.1, 0.15) is 6.33 Å². The number of rotatable bonds is 2. The lowest BCUT2D eigenvalue weighted by Crippen LogP contribution is -2.23. The third-order valence-electron chi connectivity index (χ3n) is 4.35. The monoisotopic (exact) mass is 372 g/mol. The van der Waals surface area contributed by atoms with Crippen LogP contribution in [0.1, 0.15) is 33.4 Å². The normalized spacial score (nSPS) is 16.0. The summed E-state index contributed by atoms with van der Waals surface area (Å²) in [6, 6.07) is 13.1. The summed E-state index contributed by atoms with van der Waals surface area (Å²) in [5.74, 6) is -0.553. The fourth-order valence-electron chi connectivity index (χ4n) is 3.23. The molecule has 1 atom stereocenters. The summed E-state index contributed by atoms with van der Waals surface area (Å²) < 4.78 is 1.87. The van der Waals surface area contributed by atoms with Crippen molar-refractivity contribution in [2.45, 2.75) is 12.6 Å². The first-order chi connectivity index (χ1) is 12.1. The maximum Gasteiger partial charge on any atom is 0.269 e. The van der Waals surface area contributed by atoms with Gasteiger partial charge in [0.05, 0.1) is 17.4 Å². The molecule has 1 unspecified atom stereocenters. The Morgan fingerprint density at radius 1 is 1.20 bits per heavy atom.